The zero-order valence-corrected chi connectivity index (χ0v) is 24.4. The molecule has 1 atom stereocenters. The second kappa shape index (κ2) is 12.0. The summed E-state index contributed by atoms with van der Waals surface area (Å²) in [5.41, 5.74) is 2.94. The van der Waals surface area contributed by atoms with Gasteiger partial charge in [-0.05, 0) is 53.1 Å². The lowest BCUT2D eigenvalue weighted by Crippen LogP contribution is -2.22. The van der Waals surface area contributed by atoms with Gasteiger partial charge in [-0.1, -0.05) is 30.3 Å². The Labute approximate surface area is 253 Å². The van der Waals surface area contributed by atoms with Crippen LogP contribution in [-0.2, 0) is 11.2 Å². The molecule has 0 aliphatic carbocycles. The van der Waals surface area contributed by atoms with Gasteiger partial charge in [-0.2, -0.15) is 0 Å². The molecule has 224 valence electrons. The molecule has 0 saturated heterocycles. The lowest BCUT2D eigenvalue weighted by atomic mass is 9.85. The van der Waals surface area contributed by atoms with Crippen molar-refractivity contribution >= 4 is 16.9 Å². The largest absolute Gasteiger partial charge is 0.507 e. The van der Waals surface area contributed by atoms with E-state index in [4.69, 9.17) is 28.1 Å². The summed E-state index contributed by atoms with van der Waals surface area (Å²) in [4.78, 5) is 26.4. The van der Waals surface area contributed by atoms with Gasteiger partial charge in [0.15, 0.2) is 11.5 Å². The Morgan fingerprint density at radius 3 is 2.27 bits per heavy atom. The van der Waals surface area contributed by atoms with Crippen molar-refractivity contribution in [2.75, 3.05) is 27.9 Å². The summed E-state index contributed by atoms with van der Waals surface area (Å²) in [5.74, 6) is 1.32. The maximum Gasteiger partial charge on any atom is 0.312 e. The van der Waals surface area contributed by atoms with Crippen LogP contribution in [0.4, 0.5) is 0 Å². The fraction of sp³-hybridized carbons (Fsp3) is 0.200. The number of carbonyl (C=O) groups is 1. The number of benzene rings is 4. The van der Waals surface area contributed by atoms with Crippen LogP contribution in [0, 0.1) is 0 Å². The number of methoxy groups -OCH3 is 3. The van der Waals surface area contributed by atoms with Crippen molar-refractivity contribution in [2.45, 2.75) is 18.8 Å². The summed E-state index contributed by atoms with van der Waals surface area (Å²) in [5, 5.41) is 10.9. The molecule has 0 bridgehead atoms. The van der Waals surface area contributed by atoms with Crippen molar-refractivity contribution in [1.29, 1.82) is 0 Å². The molecule has 0 spiro atoms. The van der Waals surface area contributed by atoms with Crippen molar-refractivity contribution in [3.05, 3.63) is 106 Å². The van der Waals surface area contributed by atoms with Gasteiger partial charge in [-0.3, -0.25) is 9.59 Å². The second-order valence-corrected chi connectivity index (χ2v) is 10.3. The van der Waals surface area contributed by atoms with Crippen LogP contribution >= 0.6 is 0 Å². The molecular weight excluding hydrogens is 564 g/mol. The molecule has 1 aliphatic heterocycles. The number of esters is 1. The smallest absolute Gasteiger partial charge is 0.312 e. The fourth-order valence-electron chi connectivity index (χ4n) is 5.50. The molecule has 2 heterocycles. The van der Waals surface area contributed by atoms with Crippen molar-refractivity contribution in [1.82, 2.24) is 0 Å². The van der Waals surface area contributed by atoms with Crippen molar-refractivity contribution in [3.63, 3.8) is 0 Å². The lowest BCUT2D eigenvalue weighted by Gasteiger charge is -2.26. The molecule has 9 heteroatoms. The molecule has 0 unspecified atom stereocenters. The number of hydrogen-bond acceptors (Lipinski definition) is 9. The Balaban J connectivity index is 1.31. The zero-order valence-electron chi connectivity index (χ0n) is 24.4. The first kappa shape index (κ1) is 28.7. The first-order valence-electron chi connectivity index (χ1n) is 14.0. The van der Waals surface area contributed by atoms with Crippen molar-refractivity contribution in [3.8, 4) is 45.6 Å². The highest BCUT2D eigenvalue weighted by molar-refractivity contribution is 5.94. The fourth-order valence-corrected chi connectivity index (χ4v) is 5.50. The van der Waals surface area contributed by atoms with Crippen molar-refractivity contribution in [2.24, 2.45) is 0 Å². The summed E-state index contributed by atoms with van der Waals surface area (Å²) >= 11 is 0. The van der Waals surface area contributed by atoms with Crippen LogP contribution in [0.1, 0.15) is 29.0 Å². The van der Waals surface area contributed by atoms with E-state index in [1.165, 1.54) is 26.5 Å². The van der Waals surface area contributed by atoms with Crippen LogP contribution < -0.4 is 29.1 Å². The minimum absolute atomic E-state index is 0.00234. The summed E-state index contributed by atoms with van der Waals surface area (Å²) in [7, 11) is 4.67. The number of carbonyl (C=O) groups excluding carboxylic acids is 1. The SMILES string of the molecule is COc1ccc(CCOc2ccc([C@@H]3CC(=O)Oc4cc(O)c5c(=O)c(-c6ccc(OC)c(OC)c6)coc5c43)cc2)cc1. The number of rotatable bonds is 9. The van der Waals surface area contributed by atoms with Crippen LogP contribution in [-0.4, -0.2) is 39.0 Å². The van der Waals surface area contributed by atoms with E-state index in [-0.39, 0.29) is 34.5 Å². The standard InChI is InChI=1S/C35H30O9/c1-39-23-9-4-20(5-10-23)14-15-42-24-11-6-21(7-12-24)25-17-31(37)44-30-18-27(36)33-34(38)26(19-43-35(33)32(25)30)22-8-13-28(40-2)29(16-22)41-3/h4-13,16,18-19,25,36H,14-15,17H2,1-3H3/t25-/m0/s1. The predicted octanol–water partition coefficient (Wildman–Crippen LogP) is 6.25. The van der Waals surface area contributed by atoms with Crippen LogP contribution in [0.2, 0.25) is 0 Å². The molecule has 5 aromatic rings. The first-order valence-corrected chi connectivity index (χ1v) is 14.0. The Hall–Kier alpha value is -5.44. The molecule has 1 aromatic heterocycles. The lowest BCUT2D eigenvalue weighted by molar-refractivity contribution is -0.135. The van der Waals surface area contributed by atoms with E-state index in [9.17, 15) is 14.7 Å². The number of fused-ring (bicyclic) bond motifs is 3. The minimum Gasteiger partial charge on any atom is -0.507 e. The molecule has 9 nitrogen and oxygen atoms in total. The van der Waals surface area contributed by atoms with Crippen LogP contribution in [0.5, 0.6) is 34.5 Å². The van der Waals surface area contributed by atoms with Gasteiger partial charge < -0.3 is 33.2 Å². The molecule has 4 aromatic carbocycles. The van der Waals surface area contributed by atoms with Gasteiger partial charge in [0, 0.05) is 24.0 Å². The molecule has 6 rings (SSSR count). The molecule has 0 saturated carbocycles. The maximum absolute atomic E-state index is 13.8. The normalized spacial score (nSPS) is 14.1. The Morgan fingerprint density at radius 1 is 0.841 bits per heavy atom. The minimum atomic E-state index is -0.474. The van der Waals surface area contributed by atoms with E-state index in [0.717, 1.165) is 23.3 Å². The molecular formula is C35H30O9. The average Bonchev–Trinajstić information content (AvgIpc) is 3.04. The Kier molecular flexibility index (Phi) is 7.85. The van der Waals surface area contributed by atoms with E-state index in [1.54, 1.807) is 25.3 Å². The van der Waals surface area contributed by atoms with E-state index < -0.39 is 17.3 Å². The number of hydrogen-bond donors (Lipinski definition) is 1. The average molecular weight is 595 g/mol. The zero-order chi connectivity index (χ0) is 30.8. The highest BCUT2D eigenvalue weighted by Gasteiger charge is 2.33. The number of phenols is 1. The van der Waals surface area contributed by atoms with Crippen LogP contribution in [0.15, 0.2) is 88.3 Å². The van der Waals surface area contributed by atoms with Gasteiger partial charge in [0.05, 0.1) is 39.9 Å². The summed E-state index contributed by atoms with van der Waals surface area (Å²) in [6.45, 7) is 0.488. The second-order valence-electron chi connectivity index (χ2n) is 10.3. The highest BCUT2D eigenvalue weighted by Crippen LogP contribution is 2.46. The van der Waals surface area contributed by atoms with Gasteiger partial charge >= 0.3 is 5.97 Å². The van der Waals surface area contributed by atoms with E-state index in [0.29, 0.717) is 35.0 Å². The number of aromatic hydroxyl groups is 1. The van der Waals surface area contributed by atoms with Crippen molar-refractivity contribution < 1.29 is 38.0 Å². The van der Waals surface area contributed by atoms with E-state index in [2.05, 4.69) is 0 Å². The Bertz CT molecular complexity index is 1890. The number of ether oxygens (including phenoxy) is 5. The van der Waals surface area contributed by atoms with E-state index >= 15 is 0 Å². The third-order valence-corrected chi connectivity index (χ3v) is 7.77. The highest BCUT2D eigenvalue weighted by atomic mass is 16.5. The van der Waals surface area contributed by atoms with Gasteiger partial charge in [0.1, 0.15) is 40.2 Å². The van der Waals surface area contributed by atoms with Gasteiger partial charge in [0.2, 0.25) is 5.43 Å². The van der Waals surface area contributed by atoms with Crippen LogP contribution in [0.3, 0.4) is 0 Å². The molecule has 44 heavy (non-hydrogen) atoms. The molecule has 1 aliphatic rings. The predicted molar refractivity (Wildman–Crippen MR) is 163 cm³/mol. The van der Waals surface area contributed by atoms with Gasteiger partial charge in [0.25, 0.3) is 0 Å². The quantitative estimate of drug-likeness (QED) is 0.156. The summed E-state index contributed by atoms with van der Waals surface area (Å²) < 4.78 is 33.4. The molecule has 0 amide bonds. The summed E-state index contributed by atoms with van der Waals surface area (Å²) in [6, 6.07) is 21.6. The molecule has 0 fully saturated rings. The third-order valence-electron chi connectivity index (χ3n) is 7.77. The molecule has 1 N–H and O–H groups in total. The monoisotopic (exact) mass is 594 g/mol. The van der Waals surface area contributed by atoms with Crippen LogP contribution in [0.25, 0.3) is 22.1 Å². The molecule has 0 radical (unpaired) electrons. The van der Waals surface area contributed by atoms with Gasteiger partial charge in [-0.15, -0.1) is 0 Å². The topological polar surface area (TPSA) is 114 Å². The third kappa shape index (κ3) is 5.40. The maximum atomic E-state index is 13.8. The Morgan fingerprint density at radius 2 is 1.57 bits per heavy atom. The van der Waals surface area contributed by atoms with Gasteiger partial charge in [-0.25, -0.2) is 0 Å². The summed E-state index contributed by atoms with van der Waals surface area (Å²) in [6.07, 6.45) is 2.11. The first-order chi connectivity index (χ1) is 21.4. The number of phenolic OH excluding ortho intramolecular Hbond substituents is 1. The van der Waals surface area contributed by atoms with E-state index in [1.807, 2.05) is 48.5 Å².